The number of halogens is 1. The lowest BCUT2D eigenvalue weighted by Gasteiger charge is -2.60. The Morgan fingerprint density at radius 1 is 1.15 bits per heavy atom. The van der Waals surface area contributed by atoms with Gasteiger partial charge in [-0.05, 0) is 110 Å². The number of allylic oxidation sites excluding steroid dienone is 1. The summed E-state index contributed by atoms with van der Waals surface area (Å²) < 4.78 is 15.5. The van der Waals surface area contributed by atoms with Gasteiger partial charge in [-0.3, -0.25) is 9.59 Å². The quantitative estimate of drug-likeness (QED) is 0.195. The number of hydrogen-bond donors (Lipinski definition) is 3. The van der Waals surface area contributed by atoms with E-state index >= 15 is 0 Å². The molecule has 0 spiro atoms. The van der Waals surface area contributed by atoms with Crippen LogP contribution in [-0.4, -0.2) is 53.2 Å². The van der Waals surface area contributed by atoms with E-state index < -0.39 is 17.1 Å². The number of H-pyrrole nitrogens is 1. The van der Waals surface area contributed by atoms with Crippen LogP contribution in [0, 0.1) is 34.4 Å². The summed E-state index contributed by atoms with van der Waals surface area (Å²) in [5, 5.41) is 29.6. The molecule has 0 amide bonds. The molecule has 8 nitrogen and oxygen atoms in total. The number of ketones is 1. The summed E-state index contributed by atoms with van der Waals surface area (Å²) >= 11 is 1.14. The Kier molecular flexibility index (Phi) is 6.77. The van der Waals surface area contributed by atoms with Crippen molar-refractivity contribution in [2.24, 2.45) is 28.6 Å². The molecular weight excluding hydrogens is 603 g/mol. The van der Waals surface area contributed by atoms with Crippen molar-refractivity contribution in [1.29, 1.82) is 0 Å². The molecule has 4 aromatic rings. The van der Waals surface area contributed by atoms with Gasteiger partial charge in [0.2, 0.25) is 0 Å². The molecule has 46 heavy (non-hydrogen) atoms. The first-order valence-corrected chi connectivity index (χ1v) is 17.1. The highest BCUT2D eigenvalue weighted by molar-refractivity contribution is 7.99. The first kappa shape index (κ1) is 29.8. The van der Waals surface area contributed by atoms with Crippen molar-refractivity contribution in [3.63, 3.8) is 0 Å². The number of benzene rings is 2. The van der Waals surface area contributed by atoms with Gasteiger partial charge in [0.15, 0.2) is 10.9 Å². The SMILES string of the molecule is CC12Cc3cnn(-c4ccc(F)cc4)c3C=C1CCC1C2[C@@H](O)CC2(C)C1CC[C@]2(O)C(=O)CSc1nc2ccccc2c(=O)[nH]1. The van der Waals surface area contributed by atoms with Crippen molar-refractivity contribution in [2.75, 3.05) is 5.75 Å². The summed E-state index contributed by atoms with van der Waals surface area (Å²) in [6.45, 7) is 4.27. The molecule has 3 saturated carbocycles. The first-order chi connectivity index (χ1) is 22.0. The van der Waals surface area contributed by atoms with E-state index in [0.29, 0.717) is 28.9 Å². The zero-order valence-electron chi connectivity index (χ0n) is 25.9. The molecule has 10 heteroatoms. The fourth-order valence-corrected chi connectivity index (χ4v) is 10.7. The number of carbonyl (C=O) groups excluding carboxylic acids is 1. The number of nitrogens with one attached hydrogen (secondary N) is 1. The number of aromatic amines is 1. The predicted molar refractivity (Wildman–Crippen MR) is 174 cm³/mol. The summed E-state index contributed by atoms with van der Waals surface area (Å²) in [7, 11) is 0. The topological polar surface area (TPSA) is 121 Å². The highest BCUT2D eigenvalue weighted by Crippen LogP contribution is 2.67. The number of hydrogen-bond acceptors (Lipinski definition) is 7. The second-order valence-corrected chi connectivity index (χ2v) is 15.2. The number of fused-ring (bicyclic) bond motifs is 7. The lowest BCUT2D eigenvalue weighted by molar-refractivity contribution is -0.177. The van der Waals surface area contributed by atoms with Crippen LogP contribution in [0.25, 0.3) is 22.7 Å². The maximum absolute atomic E-state index is 13.9. The van der Waals surface area contributed by atoms with E-state index in [2.05, 4.69) is 28.1 Å². The largest absolute Gasteiger partial charge is 0.393 e. The molecule has 3 N–H and O–H groups in total. The molecule has 0 bridgehead atoms. The number of aliphatic hydroxyl groups excluding tert-OH is 1. The van der Waals surface area contributed by atoms with Crippen LogP contribution in [0.3, 0.4) is 0 Å². The lowest BCUT2D eigenvalue weighted by atomic mass is 9.45. The summed E-state index contributed by atoms with van der Waals surface area (Å²) in [5.41, 5.74) is 1.91. The Balaban J connectivity index is 1.04. The van der Waals surface area contributed by atoms with E-state index in [1.807, 2.05) is 23.9 Å². The third-order valence-electron chi connectivity index (χ3n) is 12.0. The van der Waals surface area contributed by atoms with Crippen LogP contribution in [0.4, 0.5) is 4.39 Å². The molecule has 238 valence electrons. The number of nitrogens with zero attached hydrogens (tertiary/aromatic N) is 3. The minimum Gasteiger partial charge on any atom is -0.393 e. The molecule has 2 aromatic carbocycles. The fraction of sp³-hybridized carbons (Fsp3) is 0.444. The monoisotopic (exact) mass is 640 g/mol. The minimum absolute atomic E-state index is 0.00778. The fourth-order valence-electron chi connectivity index (χ4n) is 9.82. The van der Waals surface area contributed by atoms with Gasteiger partial charge in [0.25, 0.3) is 5.56 Å². The van der Waals surface area contributed by atoms with E-state index in [4.69, 9.17) is 0 Å². The van der Waals surface area contributed by atoms with Gasteiger partial charge in [-0.2, -0.15) is 5.10 Å². The number of aromatic nitrogens is 4. The van der Waals surface area contributed by atoms with Crippen molar-refractivity contribution < 1.29 is 19.4 Å². The van der Waals surface area contributed by atoms with Crippen molar-refractivity contribution in [3.8, 4) is 5.69 Å². The van der Waals surface area contributed by atoms with Crippen LogP contribution in [0.5, 0.6) is 0 Å². The van der Waals surface area contributed by atoms with Crippen molar-refractivity contribution in [1.82, 2.24) is 19.7 Å². The number of carbonyl (C=O) groups is 1. The zero-order chi connectivity index (χ0) is 32.0. The zero-order valence-corrected chi connectivity index (χ0v) is 26.7. The minimum atomic E-state index is -1.57. The molecule has 4 aliphatic carbocycles. The molecule has 7 atom stereocenters. The maximum atomic E-state index is 13.9. The molecule has 4 aliphatic rings. The van der Waals surface area contributed by atoms with Gasteiger partial charge < -0.3 is 15.2 Å². The molecule has 0 aliphatic heterocycles. The van der Waals surface area contributed by atoms with Gasteiger partial charge in [-0.15, -0.1) is 0 Å². The first-order valence-electron chi connectivity index (χ1n) is 16.1. The third kappa shape index (κ3) is 4.26. The van der Waals surface area contributed by atoms with Crippen LogP contribution in [0.15, 0.2) is 70.3 Å². The highest BCUT2D eigenvalue weighted by Gasteiger charge is 2.68. The number of Topliss-reactive ketones (excluding diaryl/α,β-unsaturated/α-hetero) is 1. The van der Waals surface area contributed by atoms with Crippen LogP contribution < -0.4 is 5.56 Å². The van der Waals surface area contributed by atoms with Gasteiger partial charge in [-0.25, -0.2) is 14.1 Å². The Bertz CT molecular complexity index is 1970. The summed E-state index contributed by atoms with van der Waals surface area (Å²) in [4.78, 5) is 33.7. The number of para-hydroxylation sites is 1. The highest BCUT2D eigenvalue weighted by atomic mass is 32.2. The van der Waals surface area contributed by atoms with Crippen molar-refractivity contribution in [3.05, 3.63) is 87.7 Å². The molecule has 5 unspecified atom stereocenters. The Labute approximate surface area is 270 Å². The molecule has 0 saturated heterocycles. The summed E-state index contributed by atoms with van der Waals surface area (Å²) in [6, 6.07) is 13.4. The van der Waals surface area contributed by atoms with E-state index in [9.17, 15) is 24.2 Å². The molecule has 3 fully saturated rings. The maximum Gasteiger partial charge on any atom is 0.259 e. The summed E-state index contributed by atoms with van der Waals surface area (Å²) in [5.74, 6) is -0.327. The number of aliphatic hydroxyl groups is 2. The Morgan fingerprint density at radius 3 is 2.74 bits per heavy atom. The van der Waals surface area contributed by atoms with Gasteiger partial charge in [0, 0.05) is 5.41 Å². The predicted octanol–water partition coefficient (Wildman–Crippen LogP) is 5.49. The molecule has 8 rings (SSSR count). The van der Waals surface area contributed by atoms with E-state index in [-0.39, 0.29) is 46.1 Å². The second-order valence-electron chi connectivity index (χ2n) is 14.2. The van der Waals surface area contributed by atoms with Gasteiger partial charge >= 0.3 is 0 Å². The van der Waals surface area contributed by atoms with Crippen LogP contribution in [0.1, 0.15) is 57.2 Å². The number of thioether (sulfide) groups is 1. The molecule has 2 aromatic heterocycles. The smallest absolute Gasteiger partial charge is 0.259 e. The molecule has 0 radical (unpaired) electrons. The Hall–Kier alpha value is -3.60. The molecular formula is C36H37FN4O4S. The van der Waals surface area contributed by atoms with Gasteiger partial charge in [0.1, 0.15) is 11.4 Å². The average molecular weight is 641 g/mol. The van der Waals surface area contributed by atoms with Crippen LogP contribution in [0.2, 0.25) is 0 Å². The van der Waals surface area contributed by atoms with Crippen molar-refractivity contribution >= 4 is 34.5 Å². The summed E-state index contributed by atoms with van der Waals surface area (Å²) in [6.07, 6.45) is 7.36. The second kappa shape index (κ2) is 10.5. The normalized spacial score (nSPS) is 33.1. The number of rotatable bonds is 5. The van der Waals surface area contributed by atoms with Gasteiger partial charge in [-0.1, -0.05) is 43.3 Å². The van der Waals surface area contributed by atoms with Crippen molar-refractivity contribution in [2.45, 2.75) is 69.2 Å². The Morgan fingerprint density at radius 2 is 1.93 bits per heavy atom. The van der Waals surface area contributed by atoms with E-state index in [1.165, 1.54) is 17.7 Å². The van der Waals surface area contributed by atoms with Crippen LogP contribution in [-0.2, 0) is 11.2 Å². The molecule has 2 heterocycles. The standard InChI is InChI=1S/C36H37FN4O4S/c1-34-16-20-18-38-41(23-10-8-22(37)9-11-23)28(20)15-21(34)7-12-24-26-13-14-36(45,35(26,2)17-29(42)31(24)34)30(43)19-46-33-39-27-6-4-3-5-25(27)32(44)40-33/h3-6,8-11,15,18,24,26,29,31,42,45H,7,12-14,16-17,19H2,1-2H3,(H,39,40,44)/t24?,26?,29-,31?,34?,35?,36-/m0/s1. The third-order valence-corrected chi connectivity index (χ3v) is 12.9. The van der Waals surface area contributed by atoms with Crippen LogP contribution >= 0.6 is 11.8 Å². The lowest BCUT2D eigenvalue weighted by Crippen LogP contribution is -2.62. The average Bonchev–Trinajstić information content (AvgIpc) is 3.56. The van der Waals surface area contributed by atoms with E-state index in [0.717, 1.165) is 54.4 Å². The van der Waals surface area contributed by atoms with E-state index in [1.54, 1.807) is 30.3 Å². The van der Waals surface area contributed by atoms with Gasteiger partial charge in [0.05, 0.1) is 40.3 Å².